The summed E-state index contributed by atoms with van der Waals surface area (Å²) in [4.78, 5) is 19.0. The van der Waals surface area contributed by atoms with Gasteiger partial charge in [-0.1, -0.05) is 78.9 Å². The van der Waals surface area contributed by atoms with E-state index in [1.165, 1.54) is 16.5 Å². The normalized spacial score (nSPS) is 16.0. The van der Waals surface area contributed by atoms with Gasteiger partial charge in [0.05, 0.1) is 6.04 Å². The molecule has 0 aliphatic carbocycles. The van der Waals surface area contributed by atoms with Crippen molar-refractivity contribution in [1.29, 1.82) is 0 Å². The van der Waals surface area contributed by atoms with Crippen molar-refractivity contribution in [2.45, 2.75) is 25.3 Å². The van der Waals surface area contributed by atoms with Crippen LogP contribution >= 0.6 is 0 Å². The molecule has 3 heteroatoms. The lowest BCUT2D eigenvalue weighted by Crippen LogP contribution is -2.40. The average Bonchev–Trinajstić information content (AvgIpc) is 3.17. The Morgan fingerprint density at radius 3 is 2.38 bits per heavy atom. The Bertz CT molecular complexity index is 1130. The number of nitrogens with zero attached hydrogens (tertiary/aromatic N) is 1. The molecule has 0 saturated heterocycles. The van der Waals surface area contributed by atoms with Crippen LogP contribution in [0.15, 0.2) is 84.9 Å². The molecule has 0 fully saturated rings. The third-order valence-corrected chi connectivity index (χ3v) is 5.94. The van der Waals surface area contributed by atoms with E-state index in [1.807, 2.05) is 24.3 Å². The maximum absolute atomic E-state index is 13.3. The number of carbonyl (C=O) groups is 1. The first-order chi connectivity index (χ1) is 14.3. The van der Waals surface area contributed by atoms with E-state index in [9.17, 15) is 4.79 Å². The molecule has 29 heavy (non-hydrogen) atoms. The van der Waals surface area contributed by atoms with Gasteiger partial charge in [-0.2, -0.15) is 0 Å². The van der Waals surface area contributed by atoms with E-state index < -0.39 is 0 Å². The maximum atomic E-state index is 13.3. The summed E-state index contributed by atoms with van der Waals surface area (Å²) in [6, 6.07) is 29.0. The van der Waals surface area contributed by atoms with Gasteiger partial charge < -0.3 is 9.88 Å². The Labute approximate surface area is 171 Å². The van der Waals surface area contributed by atoms with Crippen LogP contribution < -0.4 is 0 Å². The van der Waals surface area contributed by atoms with Crippen molar-refractivity contribution in [2.75, 3.05) is 6.54 Å². The number of nitrogens with one attached hydrogen (secondary N) is 1. The van der Waals surface area contributed by atoms with E-state index >= 15 is 0 Å². The quantitative estimate of drug-likeness (QED) is 0.514. The first-order valence-electron chi connectivity index (χ1n) is 10.3. The summed E-state index contributed by atoms with van der Waals surface area (Å²) in [6.07, 6.45) is 2.19. The van der Waals surface area contributed by atoms with Gasteiger partial charge in [-0.25, -0.2) is 0 Å². The standard InChI is InChI=1S/C26H24N2O/c29-24(16-15-19-9-3-1-4-10-19)28-18-17-22-21-13-7-8-14-23(21)27-25(22)26(28)20-11-5-2-6-12-20/h1-14,26-27H,15-18H2/t26-/m0/s1. The van der Waals surface area contributed by atoms with Gasteiger partial charge in [0.2, 0.25) is 5.91 Å². The Kier molecular flexibility index (Phi) is 4.65. The summed E-state index contributed by atoms with van der Waals surface area (Å²) in [7, 11) is 0. The molecule has 144 valence electrons. The van der Waals surface area contributed by atoms with Crippen LogP contribution in [0.2, 0.25) is 0 Å². The third-order valence-electron chi connectivity index (χ3n) is 5.94. The molecule has 1 aliphatic rings. The Morgan fingerprint density at radius 2 is 1.59 bits per heavy atom. The second kappa shape index (κ2) is 7.59. The minimum Gasteiger partial charge on any atom is -0.356 e. The van der Waals surface area contributed by atoms with Gasteiger partial charge in [-0.3, -0.25) is 4.79 Å². The highest BCUT2D eigenvalue weighted by Crippen LogP contribution is 2.38. The number of aromatic amines is 1. The van der Waals surface area contributed by atoms with E-state index in [0.29, 0.717) is 6.42 Å². The van der Waals surface area contributed by atoms with Crippen molar-refractivity contribution in [1.82, 2.24) is 9.88 Å². The minimum atomic E-state index is -0.0596. The molecule has 1 aromatic heterocycles. The number of amides is 1. The summed E-state index contributed by atoms with van der Waals surface area (Å²) < 4.78 is 0. The average molecular weight is 380 g/mol. The van der Waals surface area contributed by atoms with Crippen LogP contribution in [0, 0.1) is 0 Å². The van der Waals surface area contributed by atoms with Crippen LogP contribution in [0.25, 0.3) is 10.9 Å². The van der Waals surface area contributed by atoms with Crippen LogP contribution in [0.4, 0.5) is 0 Å². The number of para-hydroxylation sites is 1. The Morgan fingerprint density at radius 1 is 0.897 bits per heavy atom. The predicted octanol–water partition coefficient (Wildman–Crippen LogP) is 5.27. The molecule has 1 atom stereocenters. The lowest BCUT2D eigenvalue weighted by Gasteiger charge is -2.36. The molecule has 3 aromatic carbocycles. The fourth-order valence-corrected chi connectivity index (χ4v) is 4.53. The second-order valence-electron chi connectivity index (χ2n) is 7.70. The number of rotatable bonds is 4. The number of benzene rings is 3. The molecule has 0 bridgehead atoms. The molecule has 1 amide bonds. The SMILES string of the molecule is O=C(CCc1ccccc1)N1CCc2c([nH]c3ccccc23)[C@@H]1c1ccccc1. The van der Waals surface area contributed by atoms with E-state index in [1.54, 1.807) is 0 Å². The van der Waals surface area contributed by atoms with E-state index in [4.69, 9.17) is 0 Å². The molecule has 0 spiro atoms. The molecule has 5 rings (SSSR count). The fourth-order valence-electron chi connectivity index (χ4n) is 4.53. The van der Waals surface area contributed by atoms with Crippen molar-refractivity contribution in [3.8, 4) is 0 Å². The Balaban J connectivity index is 1.50. The molecule has 0 unspecified atom stereocenters. The predicted molar refractivity (Wildman–Crippen MR) is 117 cm³/mol. The zero-order valence-electron chi connectivity index (χ0n) is 16.3. The summed E-state index contributed by atoms with van der Waals surface area (Å²) >= 11 is 0. The van der Waals surface area contributed by atoms with Crippen LogP contribution in [0.5, 0.6) is 0 Å². The lowest BCUT2D eigenvalue weighted by atomic mass is 9.92. The van der Waals surface area contributed by atoms with Gasteiger partial charge in [0.1, 0.15) is 0 Å². The second-order valence-corrected chi connectivity index (χ2v) is 7.70. The molecule has 0 radical (unpaired) electrons. The van der Waals surface area contributed by atoms with Crippen molar-refractivity contribution in [2.24, 2.45) is 0 Å². The highest BCUT2D eigenvalue weighted by atomic mass is 16.2. The van der Waals surface area contributed by atoms with Gasteiger partial charge in [-0.05, 0) is 35.6 Å². The number of aromatic nitrogens is 1. The first kappa shape index (κ1) is 17.7. The summed E-state index contributed by atoms with van der Waals surface area (Å²) in [6.45, 7) is 0.752. The monoisotopic (exact) mass is 380 g/mol. The van der Waals surface area contributed by atoms with Crippen LogP contribution in [-0.4, -0.2) is 22.3 Å². The number of H-pyrrole nitrogens is 1. The highest BCUT2D eigenvalue weighted by Gasteiger charge is 2.34. The number of fused-ring (bicyclic) bond motifs is 3. The zero-order chi connectivity index (χ0) is 19.6. The fraction of sp³-hybridized carbons (Fsp3) is 0.192. The molecule has 2 heterocycles. The van der Waals surface area contributed by atoms with E-state index in [-0.39, 0.29) is 11.9 Å². The van der Waals surface area contributed by atoms with Crippen molar-refractivity contribution in [3.05, 3.63) is 107 Å². The van der Waals surface area contributed by atoms with E-state index in [2.05, 4.69) is 70.5 Å². The Hall–Kier alpha value is -3.33. The molecular weight excluding hydrogens is 356 g/mol. The van der Waals surface area contributed by atoms with Crippen molar-refractivity contribution < 1.29 is 4.79 Å². The molecular formula is C26H24N2O. The maximum Gasteiger partial charge on any atom is 0.223 e. The smallest absolute Gasteiger partial charge is 0.223 e. The van der Waals surface area contributed by atoms with Gasteiger partial charge in [-0.15, -0.1) is 0 Å². The van der Waals surface area contributed by atoms with Crippen LogP contribution in [0.3, 0.4) is 0 Å². The number of aryl methyl sites for hydroxylation is 1. The van der Waals surface area contributed by atoms with Crippen LogP contribution in [-0.2, 0) is 17.6 Å². The first-order valence-corrected chi connectivity index (χ1v) is 10.3. The van der Waals surface area contributed by atoms with Crippen molar-refractivity contribution in [3.63, 3.8) is 0 Å². The van der Waals surface area contributed by atoms with E-state index in [0.717, 1.165) is 36.2 Å². The minimum absolute atomic E-state index is 0.0596. The zero-order valence-corrected chi connectivity index (χ0v) is 16.3. The van der Waals surface area contributed by atoms with Crippen molar-refractivity contribution >= 4 is 16.8 Å². The topological polar surface area (TPSA) is 36.1 Å². The molecule has 0 saturated carbocycles. The third kappa shape index (κ3) is 3.33. The highest BCUT2D eigenvalue weighted by molar-refractivity contribution is 5.86. The number of carbonyl (C=O) groups excluding carboxylic acids is 1. The molecule has 3 nitrogen and oxygen atoms in total. The number of hydrogen-bond donors (Lipinski definition) is 1. The summed E-state index contributed by atoms with van der Waals surface area (Å²) in [5.74, 6) is 0.215. The van der Waals surface area contributed by atoms with Crippen LogP contribution in [0.1, 0.15) is 34.8 Å². The summed E-state index contributed by atoms with van der Waals surface area (Å²) in [5, 5.41) is 1.28. The molecule has 1 aliphatic heterocycles. The van der Waals surface area contributed by atoms with Gasteiger partial charge in [0, 0.05) is 29.6 Å². The number of hydrogen-bond acceptors (Lipinski definition) is 1. The van der Waals surface area contributed by atoms with Gasteiger partial charge in [0.15, 0.2) is 0 Å². The lowest BCUT2D eigenvalue weighted by molar-refractivity contribution is -0.133. The van der Waals surface area contributed by atoms with Gasteiger partial charge in [0.25, 0.3) is 0 Å². The molecule has 4 aromatic rings. The van der Waals surface area contributed by atoms with Gasteiger partial charge >= 0.3 is 0 Å². The largest absolute Gasteiger partial charge is 0.356 e. The molecule has 1 N–H and O–H groups in total. The summed E-state index contributed by atoms with van der Waals surface area (Å²) in [5.41, 5.74) is 6.03.